The van der Waals surface area contributed by atoms with E-state index in [9.17, 15) is 0 Å². The van der Waals surface area contributed by atoms with Crippen LogP contribution in [0.25, 0.3) is 0 Å². The molecule has 1 unspecified atom stereocenters. The van der Waals surface area contributed by atoms with Crippen molar-refractivity contribution in [1.29, 1.82) is 0 Å². The number of hydrogen-bond donors (Lipinski definition) is 2. The highest BCUT2D eigenvalue weighted by atomic mass is 32.2. The van der Waals surface area contributed by atoms with Crippen molar-refractivity contribution in [3.8, 4) is 0 Å². The molecule has 0 saturated heterocycles. The largest absolute Gasteiger partial charge is 0.467 e. The molecule has 0 spiro atoms. The van der Waals surface area contributed by atoms with Crippen molar-refractivity contribution < 1.29 is 4.74 Å². The number of hydrogen-bond acceptors (Lipinski definition) is 4. The molecule has 1 atom stereocenters. The zero-order valence-corrected chi connectivity index (χ0v) is 13.6. The van der Waals surface area contributed by atoms with Gasteiger partial charge >= 0.3 is 0 Å². The Bertz CT molecular complexity index is 669. The van der Waals surface area contributed by atoms with Crippen molar-refractivity contribution in [2.24, 2.45) is 7.05 Å². The van der Waals surface area contributed by atoms with Gasteiger partial charge in [0.1, 0.15) is 6.10 Å². The van der Waals surface area contributed by atoms with Gasteiger partial charge in [-0.25, -0.2) is 0 Å². The first-order valence-corrected chi connectivity index (χ1v) is 7.99. The van der Waals surface area contributed by atoms with Gasteiger partial charge in [0, 0.05) is 43.0 Å². The summed E-state index contributed by atoms with van der Waals surface area (Å²) in [6, 6.07) is 10.3. The second-order valence-electron chi connectivity index (χ2n) is 5.08. The minimum absolute atomic E-state index is 0.0852. The molecule has 4 nitrogen and oxygen atoms in total. The average molecular weight is 319 g/mol. The Labute approximate surface area is 134 Å². The highest BCUT2D eigenvalue weighted by Gasteiger charge is 2.17. The van der Waals surface area contributed by atoms with E-state index in [-0.39, 0.29) is 6.10 Å². The normalized spacial score (nSPS) is 17.4. The predicted octanol–water partition coefficient (Wildman–Crippen LogP) is 3.80. The van der Waals surface area contributed by atoms with E-state index >= 15 is 0 Å². The summed E-state index contributed by atoms with van der Waals surface area (Å²) in [5.41, 5.74) is 3.31. The fraction of sp³-hybridized carbons (Fsp3) is 0.267. The quantitative estimate of drug-likeness (QED) is 0.665. The van der Waals surface area contributed by atoms with Crippen molar-refractivity contribution in [2.45, 2.75) is 24.5 Å². The van der Waals surface area contributed by atoms with Crippen molar-refractivity contribution in [2.75, 3.05) is 10.0 Å². The Morgan fingerprint density at radius 2 is 2.29 bits per heavy atom. The van der Waals surface area contributed by atoms with Gasteiger partial charge in [-0.2, -0.15) is 0 Å². The Morgan fingerprint density at radius 3 is 3.05 bits per heavy atom. The van der Waals surface area contributed by atoms with Crippen LogP contribution in [0.2, 0.25) is 0 Å². The molecule has 110 valence electrons. The number of ether oxygens (including phenoxy) is 1. The monoisotopic (exact) mass is 319 g/mol. The van der Waals surface area contributed by atoms with Crippen LogP contribution in [0.5, 0.6) is 0 Å². The molecule has 2 heterocycles. The number of thiocarbonyl (C=S) groups is 1. The highest BCUT2D eigenvalue weighted by molar-refractivity contribution is 8.00. The standard InChI is InChI=1S/C15H17N3OS2/c1-10-8-11-9-12(5-6-13(11)16-15(20)19-10)17-21-14-4-3-7-18(14)2/h3-7,9-10,17H,8H2,1-2H3,(H,16,20). The molecular weight excluding hydrogens is 302 g/mol. The van der Waals surface area contributed by atoms with Crippen molar-refractivity contribution in [3.63, 3.8) is 0 Å². The van der Waals surface area contributed by atoms with E-state index in [0.29, 0.717) is 5.17 Å². The summed E-state index contributed by atoms with van der Waals surface area (Å²) in [4.78, 5) is 0. The third kappa shape index (κ3) is 3.33. The molecule has 21 heavy (non-hydrogen) atoms. The number of benzene rings is 1. The summed E-state index contributed by atoms with van der Waals surface area (Å²) in [6.07, 6.45) is 2.96. The zero-order valence-electron chi connectivity index (χ0n) is 11.9. The maximum absolute atomic E-state index is 5.56. The maximum Gasteiger partial charge on any atom is 0.261 e. The van der Waals surface area contributed by atoms with E-state index in [4.69, 9.17) is 17.0 Å². The molecule has 2 N–H and O–H groups in total. The molecule has 0 saturated carbocycles. The Hall–Kier alpha value is -1.66. The Morgan fingerprint density at radius 1 is 1.43 bits per heavy atom. The van der Waals surface area contributed by atoms with Crippen molar-refractivity contribution in [3.05, 3.63) is 42.1 Å². The van der Waals surface area contributed by atoms with Gasteiger partial charge in [-0.3, -0.25) is 0 Å². The molecular formula is C15H17N3OS2. The van der Waals surface area contributed by atoms with Gasteiger partial charge in [0.25, 0.3) is 5.17 Å². The van der Waals surface area contributed by atoms with Gasteiger partial charge in [-0.1, -0.05) is 0 Å². The third-order valence-corrected chi connectivity index (χ3v) is 4.50. The molecule has 6 heteroatoms. The smallest absolute Gasteiger partial charge is 0.261 e. The number of fused-ring (bicyclic) bond motifs is 1. The summed E-state index contributed by atoms with van der Waals surface area (Å²) < 4.78 is 11.0. The van der Waals surface area contributed by atoms with Crippen LogP contribution in [0.3, 0.4) is 0 Å². The first-order valence-electron chi connectivity index (χ1n) is 6.76. The lowest BCUT2D eigenvalue weighted by molar-refractivity contribution is 0.217. The van der Waals surface area contributed by atoms with Crippen LogP contribution in [-0.2, 0) is 18.2 Å². The van der Waals surface area contributed by atoms with Crippen LogP contribution in [0, 0.1) is 0 Å². The lowest BCUT2D eigenvalue weighted by Crippen LogP contribution is -2.16. The first kappa shape index (κ1) is 14.3. The maximum atomic E-state index is 5.56. The Balaban J connectivity index is 1.76. The topological polar surface area (TPSA) is 38.2 Å². The minimum Gasteiger partial charge on any atom is -0.467 e. The van der Waals surface area contributed by atoms with Crippen molar-refractivity contribution in [1.82, 2.24) is 4.57 Å². The number of aromatic nitrogens is 1. The molecule has 0 amide bonds. The van der Waals surface area contributed by atoms with E-state index < -0.39 is 0 Å². The van der Waals surface area contributed by atoms with Crippen LogP contribution in [0.15, 0.2) is 41.6 Å². The number of nitrogens with zero attached hydrogens (tertiary/aromatic N) is 1. The molecule has 0 aliphatic carbocycles. The van der Waals surface area contributed by atoms with Crippen molar-refractivity contribution >= 4 is 40.7 Å². The fourth-order valence-electron chi connectivity index (χ4n) is 2.28. The summed E-state index contributed by atoms with van der Waals surface area (Å²) in [5.74, 6) is 0. The number of nitrogens with one attached hydrogen (secondary N) is 2. The molecule has 0 bridgehead atoms. The molecule has 1 aliphatic rings. The van der Waals surface area contributed by atoms with Crippen LogP contribution >= 0.6 is 24.2 Å². The first-order chi connectivity index (χ1) is 10.1. The van der Waals surface area contributed by atoms with E-state index in [1.54, 1.807) is 11.9 Å². The summed E-state index contributed by atoms with van der Waals surface area (Å²) >= 11 is 6.74. The van der Waals surface area contributed by atoms with Gasteiger partial charge in [0.2, 0.25) is 0 Å². The third-order valence-electron chi connectivity index (χ3n) is 3.33. The molecule has 1 aromatic heterocycles. The molecule has 0 fully saturated rings. The predicted molar refractivity (Wildman–Crippen MR) is 91.8 cm³/mol. The number of rotatable bonds is 3. The highest BCUT2D eigenvalue weighted by Crippen LogP contribution is 2.28. The van der Waals surface area contributed by atoms with Gasteiger partial charge in [0.15, 0.2) is 0 Å². The zero-order chi connectivity index (χ0) is 14.8. The lowest BCUT2D eigenvalue weighted by Gasteiger charge is -2.11. The van der Waals surface area contributed by atoms with E-state index in [1.807, 2.05) is 38.4 Å². The number of anilines is 2. The Kier molecular flexibility index (Phi) is 4.07. The summed E-state index contributed by atoms with van der Waals surface area (Å²) in [6.45, 7) is 2.03. The summed E-state index contributed by atoms with van der Waals surface area (Å²) in [5, 5.41) is 4.74. The molecule has 0 radical (unpaired) electrons. The molecule has 1 aliphatic heterocycles. The van der Waals surface area contributed by atoms with Crippen LogP contribution < -0.4 is 10.0 Å². The van der Waals surface area contributed by atoms with E-state index in [2.05, 4.69) is 26.7 Å². The SMILES string of the molecule is CC1Cc2cc(NSc3cccn3C)ccc2NC(=S)O1. The van der Waals surface area contributed by atoms with Gasteiger partial charge in [-0.15, -0.1) is 0 Å². The van der Waals surface area contributed by atoms with E-state index in [0.717, 1.165) is 17.8 Å². The number of aryl methyl sites for hydroxylation is 1. The van der Waals surface area contributed by atoms with E-state index in [1.165, 1.54) is 10.6 Å². The van der Waals surface area contributed by atoms with Crippen LogP contribution in [0.1, 0.15) is 12.5 Å². The van der Waals surface area contributed by atoms with Crippen LogP contribution in [0.4, 0.5) is 11.4 Å². The fourth-order valence-corrected chi connectivity index (χ4v) is 3.26. The second kappa shape index (κ2) is 5.99. The van der Waals surface area contributed by atoms with Gasteiger partial charge in [-0.05, 0) is 55.0 Å². The summed E-state index contributed by atoms with van der Waals surface area (Å²) in [7, 11) is 2.03. The second-order valence-corrected chi connectivity index (χ2v) is 6.28. The molecule has 1 aromatic carbocycles. The molecule has 2 aromatic rings. The van der Waals surface area contributed by atoms with Gasteiger partial charge in [0.05, 0.1) is 5.03 Å². The lowest BCUT2D eigenvalue weighted by atomic mass is 10.1. The average Bonchev–Trinajstić information content (AvgIpc) is 2.77. The van der Waals surface area contributed by atoms with Gasteiger partial charge < -0.3 is 19.3 Å². The molecule has 3 rings (SSSR count). The van der Waals surface area contributed by atoms with Crippen LogP contribution in [-0.4, -0.2) is 15.8 Å². The minimum atomic E-state index is 0.0852.